The van der Waals surface area contributed by atoms with E-state index >= 15 is 0 Å². The molecule has 180 valence electrons. The Morgan fingerprint density at radius 3 is 2.40 bits per heavy atom. The molecule has 0 radical (unpaired) electrons. The average Bonchev–Trinajstić information content (AvgIpc) is 2.89. The Hall–Kier alpha value is -3.92. The van der Waals surface area contributed by atoms with Gasteiger partial charge in [-0.05, 0) is 36.2 Å². The van der Waals surface area contributed by atoms with Gasteiger partial charge in [-0.3, -0.25) is 18.7 Å². The topological polar surface area (TPSA) is 108 Å². The molecule has 4 aromatic rings. The highest BCUT2D eigenvalue weighted by atomic mass is 32.2. The molecule has 2 heterocycles. The summed E-state index contributed by atoms with van der Waals surface area (Å²) in [6, 6.07) is 17.0. The third kappa shape index (κ3) is 5.27. The number of carbonyl (C=O) groups excluding carboxylic acids is 1. The lowest BCUT2D eigenvalue weighted by Crippen LogP contribution is -2.37. The number of benzene rings is 2. The van der Waals surface area contributed by atoms with Gasteiger partial charge in [0.15, 0.2) is 11.5 Å². The van der Waals surface area contributed by atoms with Crippen LogP contribution in [-0.4, -0.2) is 44.4 Å². The van der Waals surface area contributed by atoms with Crippen molar-refractivity contribution in [1.29, 1.82) is 0 Å². The van der Waals surface area contributed by atoms with Crippen molar-refractivity contribution in [2.24, 2.45) is 14.1 Å². The zero-order valence-corrected chi connectivity index (χ0v) is 20.5. The molecule has 0 saturated carbocycles. The van der Waals surface area contributed by atoms with Gasteiger partial charge in [-0.15, -0.1) is 0 Å². The number of ether oxygens (including phenoxy) is 1. The van der Waals surface area contributed by atoms with Crippen molar-refractivity contribution in [1.82, 2.24) is 24.4 Å². The number of thioether (sulfide) groups is 1. The summed E-state index contributed by atoms with van der Waals surface area (Å²) < 4.78 is 7.54. The van der Waals surface area contributed by atoms with Crippen molar-refractivity contribution in [3.05, 3.63) is 81.0 Å². The molecule has 0 atom stereocenters. The molecule has 0 bridgehead atoms. The van der Waals surface area contributed by atoms with Gasteiger partial charge in [-0.25, -0.2) is 14.8 Å². The summed E-state index contributed by atoms with van der Waals surface area (Å²) in [6.45, 7) is 0.501. The van der Waals surface area contributed by atoms with E-state index in [1.165, 1.54) is 11.6 Å². The molecule has 0 fully saturated rings. The first kappa shape index (κ1) is 24.2. The van der Waals surface area contributed by atoms with Crippen molar-refractivity contribution in [2.75, 3.05) is 19.4 Å². The van der Waals surface area contributed by atoms with Crippen LogP contribution >= 0.6 is 11.8 Å². The van der Waals surface area contributed by atoms with E-state index in [0.717, 1.165) is 28.3 Å². The second kappa shape index (κ2) is 10.6. The molecule has 2 aromatic heterocycles. The van der Waals surface area contributed by atoms with Gasteiger partial charge >= 0.3 is 5.69 Å². The molecule has 0 spiro atoms. The van der Waals surface area contributed by atoms with Gasteiger partial charge in [0.2, 0.25) is 5.91 Å². The van der Waals surface area contributed by atoms with Crippen molar-refractivity contribution < 1.29 is 9.53 Å². The molecule has 35 heavy (non-hydrogen) atoms. The van der Waals surface area contributed by atoms with E-state index in [1.54, 1.807) is 38.4 Å². The van der Waals surface area contributed by atoms with Gasteiger partial charge < -0.3 is 10.1 Å². The van der Waals surface area contributed by atoms with Crippen LogP contribution in [0.15, 0.2) is 69.2 Å². The van der Waals surface area contributed by atoms with Gasteiger partial charge in [0.25, 0.3) is 5.56 Å². The number of nitrogens with one attached hydrogen (secondary N) is 1. The number of nitrogens with zero attached hydrogens (tertiary/aromatic N) is 4. The minimum atomic E-state index is -0.503. The van der Waals surface area contributed by atoms with Crippen LogP contribution in [0.1, 0.15) is 5.56 Å². The monoisotopic (exact) mass is 491 g/mol. The first-order valence-corrected chi connectivity index (χ1v) is 11.9. The van der Waals surface area contributed by atoms with Crippen LogP contribution in [0.2, 0.25) is 0 Å². The maximum atomic E-state index is 13.0. The van der Waals surface area contributed by atoms with Crippen LogP contribution < -0.4 is 21.3 Å². The second-order valence-corrected chi connectivity index (χ2v) is 8.82. The van der Waals surface area contributed by atoms with Gasteiger partial charge in [-0.2, -0.15) is 0 Å². The van der Waals surface area contributed by atoms with E-state index in [9.17, 15) is 14.4 Å². The van der Waals surface area contributed by atoms with E-state index in [-0.39, 0.29) is 22.7 Å². The smallest absolute Gasteiger partial charge is 0.332 e. The Balaban J connectivity index is 1.63. The lowest BCUT2D eigenvalue weighted by Gasteiger charge is -2.12. The predicted octanol–water partition coefficient (Wildman–Crippen LogP) is 2.15. The highest BCUT2D eigenvalue weighted by Crippen LogP contribution is 2.27. The molecule has 0 aliphatic rings. The summed E-state index contributed by atoms with van der Waals surface area (Å²) in [5.74, 6) is 0.910. The number of hydrogen-bond acceptors (Lipinski definition) is 7. The fraction of sp³-hybridized carbons (Fsp3) is 0.240. The summed E-state index contributed by atoms with van der Waals surface area (Å²) in [5.41, 5.74) is 1.05. The average molecular weight is 492 g/mol. The number of aromatic nitrogens is 4. The van der Waals surface area contributed by atoms with Gasteiger partial charge in [-0.1, -0.05) is 42.1 Å². The number of amides is 1. The zero-order valence-electron chi connectivity index (χ0n) is 19.6. The molecule has 9 nitrogen and oxygen atoms in total. The molecule has 1 N–H and O–H groups in total. The largest absolute Gasteiger partial charge is 0.497 e. The number of rotatable bonds is 8. The molecule has 1 amide bonds. The zero-order chi connectivity index (χ0) is 24.9. The Morgan fingerprint density at radius 2 is 1.71 bits per heavy atom. The van der Waals surface area contributed by atoms with E-state index in [1.807, 2.05) is 30.3 Å². The van der Waals surface area contributed by atoms with E-state index in [2.05, 4.69) is 15.3 Å². The molecule has 10 heteroatoms. The maximum Gasteiger partial charge on any atom is 0.332 e. The molecular weight excluding hydrogens is 466 g/mol. The fourth-order valence-electron chi connectivity index (χ4n) is 3.58. The molecule has 0 aliphatic carbocycles. The Bertz CT molecular complexity index is 1480. The molecule has 0 aliphatic heterocycles. The van der Waals surface area contributed by atoms with E-state index in [4.69, 9.17) is 4.74 Å². The van der Waals surface area contributed by atoms with Crippen molar-refractivity contribution in [3.63, 3.8) is 0 Å². The Morgan fingerprint density at radius 1 is 1.00 bits per heavy atom. The first-order valence-electron chi connectivity index (χ1n) is 10.9. The molecule has 4 rings (SSSR count). The first-order chi connectivity index (χ1) is 16.9. The van der Waals surface area contributed by atoms with Gasteiger partial charge in [0.1, 0.15) is 16.2 Å². The van der Waals surface area contributed by atoms with Gasteiger partial charge in [0.05, 0.1) is 12.9 Å². The summed E-state index contributed by atoms with van der Waals surface area (Å²) in [4.78, 5) is 47.1. The summed E-state index contributed by atoms with van der Waals surface area (Å²) in [7, 11) is 4.54. The van der Waals surface area contributed by atoms with Crippen LogP contribution in [0, 0.1) is 0 Å². The summed E-state index contributed by atoms with van der Waals surface area (Å²) >= 11 is 1.14. The number of methoxy groups -OCH3 is 1. The number of carbonyl (C=O) groups is 1. The van der Waals surface area contributed by atoms with Crippen molar-refractivity contribution in [2.45, 2.75) is 11.4 Å². The number of aryl methyl sites for hydroxylation is 1. The quantitative estimate of drug-likeness (QED) is 0.297. The molecule has 0 unspecified atom stereocenters. The molecular formula is C25H25N5O4S. The Kier molecular flexibility index (Phi) is 7.31. The number of hydrogen-bond donors (Lipinski definition) is 1. The maximum absolute atomic E-state index is 13.0. The number of fused-ring (bicyclic) bond motifs is 1. The van der Waals surface area contributed by atoms with Crippen molar-refractivity contribution >= 4 is 28.7 Å². The standard InChI is InChI=1S/C25H25N5O4S/c1-29-22-20(24(32)30(2)25(29)33)23(28-21(27-22)17-9-11-18(34-3)12-10-17)35-15-19(31)26-14-13-16-7-5-4-6-8-16/h4-12H,13-15H2,1-3H3,(H,26,31). The van der Waals surface area contributed by atoms with E-state index < -0.39 is 11.2 Å². The lowest BCUT2D eigenvalue weighted by atomic mass is 10.1. The summed E-state index contributed by atoms with van der Waals surface area (Å²) in [6.07, 6.45) is 0.720. The minimum Gasteiger partial charge on any atom is -0.497 e. The third-order valence-corrected chi connectivity index (χ3v) is 6.51. The Labute approximate surface area is 205 Å². The van der Waals surface area contributed by atoms with Gasteiger partial charge in [0, 0.05) is 26.2 Å². The van der Waals surface area contributed by atoms with Crippen LogP contribution in [0.5, 0.6) is 5.75 Å². The molecule has 0 saturated heterocycles. The van der Waals surface area contributed by atoms with Crippen LogP contribution in [0.3, 0.4) is 0 Å². The minimum absolute atomic E-state index is 0.0644. The third-order valence-electron chi connectivity index (χ3n) is 5.53. The van der Waals surface area contributed by atoms with Crippen LogP contribution in [-0.2, 0) is 25.3 Å². The fourth-order valence-corrected chi connectivity index (χ4v) is 4.42. The molecule has 2 aromatic carbocycles. The van der Waals surface area contributed by atoms with E-state index in [0.29, 0.717) is 28.7 Å². The lowest BCUT2D eigenvalue weighted by molar-refractivity contribution is -0.118. The highest BCUT2D eigenvalue weighted by molar-refractivity contribution is 8.00. The second-order valence-electron chi connectivity index (χ2n) is 7.86. The summed E-state index contributed by atoms with van der Waals surface area (Å²) in [5, 5.41) is 3.44. The van der Waals surface area contributed by atoms with Crippen LogP contribution in [0.25, 0.3) is 22.4 Å². The predicted molar refractivity (Wildman–Crippen MR) is 136 cm³/mol. The SMILES string of the molecule is COc1ccc(-c2nc(SCC(=O)NCCc3ccccc3)c3c(=O)n(C)c(=O)n(C)c3n2)cc1. The highest BCUT2D eigenvalue weighted by Gasteiger charge is 2.19. The normalized spacial score (nSPS) is 10.9. The van der Waals surface area contributed by atoms with Crippen LogP contribution in [0.4, 0.5) is 0 Å². The van der Waals surface area contributed by atoms with Crippen molar-refractivity contribution in [3.8, 4) is 17.1 Å².